The van der Waals surface area contributed by atoms with Gasteiger partial charge in [0.1, 0.15) is 0 Å². The summed E-state index contributed by atoms with van der Waals surface area (Å²) in [5, 5.41) is 0. The quantitative estimate of drug-likeness (QED) is 0.178. The summed E-state index contributed by atoms with van der Waals surface area (Å²) < 4.78 is 48.5. The molecule has 0 aromatic carbocycles. The minimum absolute atomic E-state index is 0. The van der Waals surface area contributed by atoms with E-state index >= 15 is 0 Å². The van der Waals surface area contributed by atoms with Crippen LogP contribution in [0.2, 0.25) is 0 Å². The average Bonchev–Trinajstić information content (AvgIpc) is 1.65. The summed E-state index contributed by atoms with van der Waals surface area (Å²) in [5.41, 5.74) is 0. The van der Waals surface area contributed by atoms with Crippen LogP contribution in [0.4, 0.5) is 0 Å². The van der Waals surface area contributed by atoms with Crippen LogP contribution in [0.1, 0.15) is 0 Å². The van der Waals surface area contributed by atoms with E-state index in [0.717, 1.165) is 0 Å². The van der Waals surface area contributed by atoms with Gasteiger partial charge >= 0.3 is 971 Å². The summed E-state index contributed by atoms with van der Waals surface area (Å²) >= 11 is 0. The van der Waals surface area contributed by atoms with Crippen LogP contribution in [0.25, 0.3) is 0 Å². The van der Waals surface area contributed by atoms with Gasteiger partial charge in [-0.15, -0.1) is 0 Å². The Morgan fingerprint density at radius 1 is 0.293 bits per heavy atom. The van der Waals surface area contributed by atoms with Crippen LogP contribution in [0.15, 0.2) is 0 Å². The fourth-order valence-electron chi connectivity index (χ4n) is 0.397. The molecule has 0 aromatic heterocycles. The second-order valence-electron chi connectivity index (χ2n) is 2.03. The third-order valence-electron chi connectivity index (χ3n) is 0.600. The molecule has 0 spiro atoms. The molecule has 0 amide bonds. The molecule has 13 nitrogen and oxygen atoms in total. The molecule has 0 aliphatic heterocycles. The second-order valence-corrected chi connectivity index (χ2v) is 7.57. The van der Waals surface area contributed by atoms with Crippen molar-refractivity contribution in [1.29, 1.82) is 0 Å². The molecule has 0 N–H and O–H groups in total. The summed E-state index contributed by atoms with van der Waals surface area (Å²) in [7, 11) is -24.9. The number of hydrogen-bond acceptors (Lipinski definition) is 13. The molecule has 0 aliphatic carbocycles. The zero-order chi connectivity index (χ0) is 14.1. The van der Waals surface area contributed by atoms with E-state index in [1.165, 1.54) is 0 Å². The van der Waals surface area contributed by atoms with Gasteiger partial charge < -0.3 is 38.5 Å². The van der Waals surface area contributed by atoms with Crippen LogP contribution in [-0.2, 0) is 31.2 Å². The summed E-state index contributed by atoms with van der Waals surface area (Å²) in [4.78, 5) is 60.0. The molecule has 0 aromatic rings. The van der Waals surface area contributed by atoms with Gasteiger partial charge in [0.25, 0.3) is 15.6 Å². The molecule has 0 rings (SSSR count). The Bertz CT molecular complexity index is 466. The summed E-state index contributed by atoms with van der Waals surface area (Å²) in [6.07, 6.45) is 0. The molecule has 41 heavy (non-hydrogen) atoms. The fraction of sp³-hybridized carbons (Fsp3) is 0. The molecule has 2 atom stereocenters. The normalized spacial score (nSPS) is 8.54. The van der Waals surface area contributed by atoms with Gasteiger partial charge in [-0.25, -0.2) is 4.31 Å². The number of hydrogen-bond donors (Lipinski definition) is 0. The number of phosphoric acid groups is 4. The van der Waals surface area contributed by atoms with E-state index in [0.29, 0.717) is 0 Å². The predicted octanol–water partition coefficient (Wildman–Crippen LogP) is -34.0. The minimum atomic E-state index is -6.26. The van der Waals surface area contributed by atoms with E-state index in [4.69, 9.17) is 0 Å². The molecule has 0 saturated heterocycles. The summed E-state index contributed by atoms with van der Waals surface area (Å²) in [6, 6.07) is 0. The van der Waals surface area contributed by atoms with Crippen LogP contribution >= 0.6 is 31.3 Å². The van der Waals surface area contributed by atoms with Crippen LogP contribution < -0.4 is 207 Å². The SMILES string of the molecule is O=P([O-])([O-])OP(=O)([O-])OP(=O)([O-])OP(=O)([O-])[O-].[KH].[KH].[KH].[KH].[KH].[KH].[KH].[KH].[KH].[KH].[KH].[KH].[Na+].[Na+].[Na+].[Na+].[Na+].[Na+].[NaH].[NaH].[NaH].[NaH].[NaH].[NaH]. The summed E-state index contributed by atoms with van der Waals surface area (Å²) in [5.74, 6) is 0. The molecular weight excluding hydrogens is 1080 g/mol. The van der Waals surface area contributed by atoms with E-state index in [2.05, 4.69) is 12.9 Å². The standard InChI is InChI=1S/12K.12Na.H6O13P4.18H/c;;;;;;;;;;;;;;;;;;;;;;;;1-14(2,3)11-16(7,8)13-17(9,10)12-15(4,5)6;;;;;;;;;;;;;;;;;;/h;;;;;;;;;;;;;;;;;;;;;;;;(H,7,8)(H,9,10)(H2,1,2,3)(H2,4,5,6);;;;;;;;;;;;;;;;;;/q;;;;;;;;;;;;;;;;;;6*+1;;;;;;;;;;;;;;;;;;;/p-6. The van der Waals surface area contributed by atoms with Gasteiger partial charge in [0, 0.05) is 0 Å². The third-order valence-corrected chi connectivity index (χ3v) is 5.40. The van der Waals surface area contributed by atoms with Gasteiger partial charge in [-0.3, -0.25) is 17.8 Å². The van der Waals surface area contributed by atoms with Crippen LogP contribution in [0.5, 0.6) is 0 Å². The Labute approximate surface area is 1020 Å². The molecule has 0 radical (unpaired) electrons. The van der Waals surface area contributed by atoms with E-state index in [-0.39, 0.29) is 971 Å². The van der Waals surface area contributed by atoms with E-state index in [9.17, 15) is 47.6 Å². The van der Waals surface area contributed by atoms with E-state index in [1.807, 2.05) is 0 Å². The number of rotatable bonds is 6. The molecule has 0 bridgehead atoms. The molecule has 0 aliphatic rings. The second kappa shape index (κ2) is 104. The van der Waals surface area contributed by atoms with Gasteiger partial charge in [0.05, 0.1) is 15.6 Å². The Kier molecular flexibility index (Phi) is 418. The first-order chi connectivity index (χ1) is 7.12. The Hall–Kier alpha value is 32.2. The van der Waals surface area contributed by atoms with Crippen molar-refractivity contribution in [3.05, 3.63) is 0 Å². The van der Waals surface area contributed by atoms with Gasteiger partial charge in [-0.05, 0) is 0 Å². The van der Waals surface area contributed by atoms with Crippen LogP contribution in [0, 0.1) is 0 Å². The first-order valence-corrected chi connectivity index (χ1v) is 8.76. The molecule has 0 fully saturated rings. The van der Waals surface area contributed by atoms with Crippen molar-refractivity contribution in [3.8, 4) is 0 Å². The average molecular weight is 1100 g/mol. The van der Waals surface area contributed by atoms with Crippen molar-refractivity contribution >= 4 is 825 Å². The van der Waals surface area contributed by atoms with E-state index in [1.54, 1.807) is 0 Å². The molecule has 2 unspecified atom stereocenters. The molecule has 0 saturated carbocycles. The fourth-order valence-corrected chi connectivity index (χ4v) is 4.11. The molecule has 41 heteroatoms. The Balaban J connectivity index is -0.00000000464. The zero-order valence-electron chi connectivity index (χ0n) is 13.1. The Morgan fingerprint density at radius 2 is 0.390 bits per heavy atom. The van der Waals surface area contributed by atoms with Crippen molar-refractivity contribution in [1.82, 2.24) is 0 Å². The molecular formula is H18K12Na12O13P4. The van der Waals surface area contributed by atoms with Gasteiger partial charge in [-0.2, -0.15) is 0 Å². The maximum atomic E-state index is 10.4. The zero-order valence-corrected chi connectivity index (χ0v) is 28.7. The van der Waals surface area contributed by atoms with Crippen LogP contribution in [-0.4, -0.2) is 794 Å². The first-order valence-electron chi connectivity index (χ1n) is 2.92. The van der Waals surface area contributed by atoms with E-state index < -0.39 is 31.3 Å². The summed E-state index contributed by atoms with van der Waals surface area (Å²) in [6.45, 7) is 0. The van der Waals surface area contributed by atoms with Gasteiger partial charge in [0.2, 0.25) is 0 Å². The molecule has 0 heterocycles. The maximum absolute atomic E-state index is 10.4. The van der Waals surface area contributed by atoms with Crippen LogP contribution in [0.3, 0.4) is 0 Å². The van der Waals surface area contributed by atoms with Crippen molar-refractivity contribution in [2.24, 2.45) is 0 Å². The monoisotopic (exact) mass is 1090 g/mol. The molecule has 140 valence electrons. The Morgan fingerprint density at radius 3 is 0.463 bits per heavy atom. The first kappa shape index (κ1) is 164. The van der Waals surface area contributed by atoms with Crippen molar-refractivity contribution in [2.45, 2.75) is 0 Å². The van der Waals surface area contributed by atoms with Gasteiger partial charge in [-0.1, -0.05) is 0 Å². The topological polar surface area (TPSA) is 234 Å². The van der Waals surface area contributed by atoms with Crippen molar-refractivity contribution in [3.63, 3.8) is 0 Å². The van der Waals surface area contributed by atoms with Gasteiger partial charge in [0.15, 0.2) is 0 Å². The third kappa shape index (κ3) is 141. The van der Waals surface area contributed by atoms with Crippen molar-refractivity contribution in [2.75, 3.05) is 0 Å². The predicted molar refractivity (Wildman–Crippen MR) is 162 cm³/mol. The van der Waals surface area contributed by atoms with Crippen molar-refractivity contribution < 1.29 is 238 Å².